The molecule has 3 heteroatoms. The predicted octanol–water partition coefficient (Wildman–Crippen LogP) is 4.35. The summed E-state index contributed by atoms with van der Waals surface area (Å²) >= 11 is 2.18. The molecule has 2 atom stereocenters. The van der Waals surface area contributed by atoms with Gasteiger partial charge >= 0.3 is 5.97 Å². The summed E-state index contributed by atoms with van der Waals surface area (Å²) in [4.78, 5) is 11.6. The molecule has 0 N–H and O–H groups in total. The smallest absolute Gasteiger partial charge is 0.318 e. The first-order valence-electron chi connectivity index (χ1n) is 6.46. The third kappa shape index (κ3) is 7.47. The van der Waals surface area contributed by atoms with Gasteiger partial charge in [-0.15, -0.1) is 0 Å². The molecule has 0 aliphatic carbocycles. The van der Waals surface area contributed by atoms with Crippen molar-refractivity contribution in [1.29, 1.82) is 0 Å². The Balaban J connectivity index is 3.78. The number of halogens is 1. The summed E-state index contributed by atoms with van der Waals surface area (Å²) in [5.74, 6) is 0.520. The van der Waals surface area contributed by atoms with E-state index in [0.717, 1.165) is 19.3 Å². The fourth-order valence-electron chi connectivity index (χ4n) is 1.56. The van der Waals surface area contributed by atoms with E-state index in [1.807, 2.05) is 0 Å². The van der Waals surface area contributed by atoms with Gasteiger partial charge in [-0.3, -0.25) is 4.79 Å². The Bertz CT molecular complexity index is 183. The molecule has 0 radical (unpaired) electrons. The second kappa shape index (κ2) is 10.4. The van der Waals surface area contributed by atoms with E-state index in [9.17, 15) is 4.79 Å². The molecule has 0 aliphatic heterocycles. The zero-order valence-corrected chi connectivity index (χ0v) is 13.0. The van der Waals surface area contributed by atoms with Gasteiger partial charge in [-0.2, -0.15) is 0 Å². The highest BCUT2D eigenvalue weighted by Crippen LogP contribution is 2.15. The van der Waals surface area contributed by atoms with Gasteiger partial charge in [-0.05, 0) is 18.8 Å². The molecule has 0 amide bonds. The summed E-state index contributed by atoms with van der Waals surface area (Å²) < 4.78 is 5.39. The maximum atomic E-state index is 11.6. The Morgan fingerprint density at radius 2 is 1.88 bits per heavy atom. The Morgan fingerprint density at radius 1 is 1.19 bits per heavy atom. The van der Waals surface area contributed by atoms with Gasteiger partial charge in [-0.25, -0.2) is 0 Å². The van der Waals surface area contributed by atoms with E-state index in [1.54, 1.807) is 0 Å². The number of unbranched alkanes of at least 4 members (excludes halogenated alkanes) is 1. The van der Waals surface area contributed by atoms with Gasteiger partial charge < -0.3 is 4.74 Å². The number of alkyl halides is 1. The van der Waals surface area contributed by atoms with Crippen LogP contribution < -0.4 is 0 Å². The fourth-order valence-corrected chi connectivity index (χ4v) is 2.36. The minimum absolute atomic E-state index is 0.0302. The van der Waals surface area contributed by atoms with E-state index >= 15 is 0 Å². The Morgan fingerprint density at radius 3 is 2.38 bits per heavy atom. The van der Waals surface area contributed by atoms with Gasteiger partial charge in [0.15, 0.2) is 0 Å². The molecule has 0 aromatic rings. The molecule has 96 valence electrons. The fraction of sp³-hybridized carbons (Fsp3) is 0.923. The molecule has 2 unspecified atom stereocenters. The highest BCUT2D eigenvalue weighted by Gasteiger charge is 2.16. The number of hydrogen-bond acceptors (Lipinski definition) is 2. The standard InChI is InChI=1S/C13H25IO2/c1-4-7-9-11(6-3)10-16-13(15)12(14)8-5-2/h11-12H,4-10H2,1-3H3. The van der Waals surface area contributed by atoms with Crippen molar-refractivity contribution >= 4 is 28.6 Å². The normalized spacial score (nSPS) is 14.5. The summed E-state index contributed by atoms with van der Waals surface area (Å²) in [5, 5.41) is 0. The lowest BCUT2D eigenvalue weighted by Crippen LogP contribution is -2.21. The van der Waals surface area contributed by atoms with Crippen molar-refractivity contribution < 1.29 is 9.53 Å². The maximum Gasteiger partial charge on any atom is 0.318 e. The molecule has 0 aliphatic rings. The molecule has 0 rings (SSSR count). The van der Waals surface area contributed by atoms with Crippen molar-refractivity contribution in [1.82, 2.24) is 0 Å². The van der Waals surface area contributed by atoms with E-state index in [4.69, 9.17) is 4.74 Å². The number of carbonyl (C=O) groups excluding carboxylic acids is 1. The van der Waals surface area contributed by atoms with Crippen LogP contribution in [0.1, 0.15) is 59.3 Å². The SMILES string of the molecule is CCCCC(CC)COC(=O)C(I)CCC. The van der Waals surface area contributed by atoms with Crippen molar-refractivity contribution in [2.75, 3.05) is 6.61 Å². The largest absolute Gasteiger partial charge is 0.465 e. The number of esters is 1. The van der Waals surface area contributed by atoms with E-state index in [2.05, 4.69) is 43.4 Å². The quantitative estimate of drug-likeness (QED) is 0.354. The lowest BCUT2D eigenvalue weighted by atomic mass is 10.0. The third-order valence-electron chi connectivity index (χ3n) is 2.80. The minimum Gasteiger partial charge on any atom is -0.465 e. The molecule has 0 spiro atoms. The summed E-state index contributed by atoms with van der Waals surface area (Å²) in [6.07, 6.45) is 6.70. The molecule has 0 heterocycles. The van der Waals surface area contributed by atoms with E-state index < -0.39 is 0 Å². The summed E-state index contributed by atoms with van der Waals surface area (Å²) in [6.45, 7) is 7.07. The van der Waals surface area contributed by atoms with Crippen LogP contribution in [0.3, 0.4) is 0 Å². The lowest BCUT2D eigenvalue weighted by Gasteiger charge is -2.16. The average molecular weight is 340 g/mol. The minimum atomic E-state index is -0.0302. The van der Waals surface area contributed by atoms with Crippen LogP contribution in [0.2, 0.25) is 0 Å². The molecule has 0 saturated heterocycles. The first kappa shape index (κ1) is 16.2. The van der Waals surface area contributed by atoms with Crippen LogP contribution in [0.15, 0.2) is 0 Å². The Kier molecular flexibility index (Phi) is 10.5. The maximum absolute atomic E-state index is 11.6. The summed E-state index contributed by atoms with van der Waals surface area (Å²) in [5.41, 5.74) is 0. The predicted molar refractivity (Wildman–Crippen MR) is 77.0 cm³/mol. The van der Waals surface area contributed by atoms with Crippen molar-refractivity contribution in [3.63, 3.8) is 0 Å². The van der Waals surface area contributed by atoms with Crippen LogP contribution in [0.25, 0.3) is 0 Å². The number of ether oxygens (including phenoxy) is 1. The van der Waals surface area contributed by atoms with E-state index in [0.29, 0.717) is 12.5 Å². The molecule has 0 bridgehead atoms. The zero-order valence-electron chi connectivity index (χ0n) is 10.8. The van der Waals surface area contributed by atoms with Crippen LogP contribution in [-0.2, 0) is 9.53 Å². The molecular weight excluding hydrogens is 315 g/mol. The van der Waals surface area contributed by atoms with Gasteiger partial charge in [0.1, 0.15) is 3.92 Å². The summed E-state index contributed by atoms with van der Waals surface area (Å²) in [7, 11) is 0. The molecule has 0 aromatic heterocycles. The first-order chi connectivity index (χ1) is 7.65. The molecule has 0 fully saturated rings. The van der Waals surface area contributed by atoms with Crippen LogP contribution in [0.5, 0.6) is 0 Å². The van der Waals surface area contributed by atoms with Crippen LogP contribution in [0.4, 0.5) is 0 Å². The second-order valence-corrected chi connectivity index (χ2v) is 5.81. The Hall–Kier alpha value is 0.200. The highest BCUT2D eigenvalue weighted by molar-refractivity contribution is 14.1. The lowest BCUT2D eigenvalue weighted by molar-refractivity contribution is -0.144. The van der Waals surface area contributed by atoms with Gasteiger partial charge in [0, 0.05) is 0 Å². The van der Waals surface area contributed by atoms with Gasteiger partial charge in [-0.1, -0.05) is 69.0 Å². The first-order valence-corrected chi connectivity index (χ1v) is 7.70. The monoisotopic (exact) mass is 340 g/mol. The highest BCUT2D eigenvalue weighted by atomic mass is 127. The van der Waals surface area contributed by atoms with Crippen LogP contribution in [-0.4, -0.2) is 16.5 Å². The third-order valence-corrected chi connectivity index (χ3v) is 3.93. The van der Waals surface area contributed by atoms with E-state index in [-0.39, 0.29) is 9.89 Å². The molecule has 0 aromatic carbocycles. The molecule has 0 saturated carbocycles. The molecular formula is C13H25IO2. The zero-order chi connectivity index (χ0) is 12.4. The molecule has 2 nitrogen and oxygen atoms in total. The number of hydrogen-bond donors (Lipinski definition) is 0. The van der Waals surface area contributed by atoms with Gasteiger partial charge in [0.2, 0.25) is 0 Å². The molecule has 16 heavy (non-hydrogen) atoms. The van der Waals surface area contributed by atoms with Crippen molar-refractivity contribution in [2.24, 2.45) is 5.92 Å². The number of rotatable bonds is 9. The summed E-state index contributed by atoms with van der Waals surface area (Å²) in [6, 6.07) is 0. The second-order valence-electron chi connectivity index (χ2n) is 4.30. The van der Waals surface area contributed by atoms with Gasteiger partial charge in [0.05, 0.1) is 6.61 Å². The van der Waals surface area contributed by atoms with Crippen molar-refractivity contribution in [2.45, 2.75) is 63.2 Å². The van der Waals surface area contributed by atoms with Gasteiger partial charge in [0.25, 0.3) is 0 Å². The van der Waals surface area contributed by atoms with Crippen LogP contribution in [0, 0.1) is 5.92 Å². The topological polar surface area (TPSA) is 26.3 Å². The average Bonchev–Trinajstić information content (AvgIpc) is 2.29. The van der Waals surface area contributed by atoms with E-state index in [1.165, 1.54) is 19.3 Å². The Labute approximate surface area is 114 Å². The number of carbonyl (C=O) groups is 1. The van der Waals surface area contributed by atoms with Crippen molar-refractivity contribution in [3.8, 4) is 0 Å². The van der Waals surface area contributed by atoms with Crippen LogP contribution >= 0.6 is 22.6 Å². The van der Waals surface area contributed by atoms with Crippen molar-refractivity contribution in [3.05, 3.63) is 0 Å².